The molecule has 2 aliphatic rings. The monoisotopic (exact) mass is 267 g/mol. The van der Waals surface area contributed by atoms with Crippen molar-refractivity contribution in [3.63, 3.8) is 0 Å². The molecule has 0 unspecified atom stereocenters. The summed E-state index contributed by atoms with van der Waals surface area (Å²) in [4.78, 5) is 4.56. The number of nitrogens with two attached hydrogens (primary N) is 1. The van der Waals surface area contributed by atoms with Crippen LogP contribution in [-0.2, 0) is 4.74 Å². The van der Waals surface area contributed by atoms with Crippen LogP contribution in [0.3, 0.4) is 0 Å². The summed E-state index contributed by atoms with van der Waals surface area (Å²) >= 11 is 0. The Morgan fingerprint density at radius 1 is 1.37 bits per heavy atom. The van der Waals surface area contributed by atoms with E-state index in [4.69, 9.17) is 10.5 Å². The van der Waals surface area contributed by atoms with Crippen LogP contribution in [0.25, 0.3) is 0 Å². The molecule has 0 bridgehead atoms. The molecular formula is C15H29N3O. The zero-order valence-corrected chi connectivity index (χ0v) is 12.3. The summed E-state index contributed by atoms with van der Waals surface area (Å²) in [5, 5.41) is 3.27. The van der Waals surface area contributed by atoms with Crippen LogP contribution >= 0.6 is 0 Å². The van der Waals surface area contributed by atoms with Crippen LogP contribution in [0.5, 0.6) is 0 Å². The van der Waals surface area contributed by atoms with Gasteiger partial charge in [0.05, 0.1) is 0 Å². The van der Waals surface area contributed by atoms with Gasteiger partial charge in [0.1, 0.15) is 0 Å². The lowest BCUT2D eigenvalue weighted by molar-refractivity contribution is 0.0609. The third-order valence-corrected chi connectivity index (χ3v) is 4.78. The third kappa shape index (κ3) is 4.37. The Labute approximate surface area is 117 Å². The second kappa shape index (κ2) is 7.13. The van der Waals surface area contributed by atoms with E-state index in [0.29, 0.717) is 11.4 Å². The molecule has 2 aliphatic carbocycles. The van der Waals surface area contributed by atoms with E-state index in [1.165, 1.54) is 38.5 Å². The Hall–Kier alpha value is -0.770. The molecule has 0 aromatic heterocycles. The molecule has 0 aromatic carbocycles. The van der Waals surface area contributed by atoms with Gasteiger partial charge in [-0.1, -0.05) is 12.8 Å². The Bertz CT molecular complexity index is 296. The summed E-state index contributed by atoms with van der Waals surface area (Å²) in [6.07, 6.45) is 9.08. The summed E-state index contributed by atoms with van der Waals surface area (Å²) in [6, 6.07) is 0. The van der Waals surface area contributed by atoms with Crippen molar-refractivity contribution in [1.29, 1.82) is 0 Å². The number of ether oxygens (including phenoxy) is 1. The second-order valence-electron chi connectivity index (χ2n) is 6.18. The summed E-state index contributed by atoms with van der Waals surface area (Å²) in [5.41, 5.74) is 6.32. The van der Waals surface area contributed by atoms with Crippen molar-refractivity contribution in [3.05, 3.63) is 0 Å². The number of nitrogens with zero attached hydrogens (tertiary/aromatic N) is 1. The molecule has 2 rings (SSSR count). The number of nitrogens with one attached hydrogen (secondary N) is 1. The van der Waals surface area contributed by atoms with Crippen LogP contribution in [0.1, 0.15) is 51.9 Å². The average molecular weight is 267 g/mol. The lowest BCUT2D eigenvalue weighted by Crippen LogP contribution is -2.40. The quantitative estimate of drug-likeness (QED) is 0.403. The van der Waals surface area contributed by atoms with Gasteiger partial charge in [0, 0.05) is 26.3 Å². The van der Waals surface area contributed by atoms with Gasteiger partial charge in [-0.05, 0) is 50.4 Å². The zero-order valence-electron chi connectivity index (χ0n) is 12.3. The SMILES string of the molecule is CCOCCC1(CN=C(N)NCC2CCC2)CCC1. The molecule has 4 nitrogen and oxygen atoms in total. The van der Waals surface area contributed by atoms with E-state index in [1.54, 1.807) is 0 Å². The maximum absolute atomic E-state index is 5.95. The van der Waals surface area contributed by atoms with E-state index in [0.717, 1.165) is 38.6 Å². The maximum atomic E-state index is 5.95. The molecule has 0 aliphatic heterocycles. The first-order valence-electron chi connectivity index (χ1n) is 7.86. The molecule has 0 saturated heterocycles. The van der Waals surface area contributed by atoms with E-state index in [-0.39, 0.29) is 0 Å². The Morgan fingerprint density at radius 2 is 2.16 bits per heavy atom. The van der Waals surface area contributed by atoms with Crippen molar-refractivity contribution < 1.29 is 4.74 Å². The van der Waals surface area contributed by atoms with Gasteiger partial charge >= 0.3 is 0 Å². The van der Waals surface area contributed by atoms with E-state index in [1.807, 2.05) is 6.92 Å². The first kappa shape index (κ1) is 14.6. The standard InChI is InChI=1S/C15H29N3O/c1-2-19-10-9-15(7-4-8-15)12-18-14(16)17-11-13-5-3-6-13/h13H,2-12H2,1H3,(H3,16,17,18). The van der Waals surface area contributed by atoms with Gasteiger partial charge in [-0.2, -0.15) is 0 Å². The lowest BCUT2D eigenvalue weighted by atomic mass is 9.67. The molecule has 4 heteroatoms. The maximum Gasteiger partial charge on any atom is 0.188 e. The molecule has 0 heterocycles. The molecular weight excluding hydrogens is 238 g/mol. The highest BCUT2D eigenvalue weighted by Gasteiger charge is 2.36. The van der Waals surface area contributed by atoms with Gasteiger partial charge in [-0.3, -0.25) is 4.99 Å². The fraction of sp³-hybridized carbons (Fsp3) is 0.933. The minimum absolute atomic E-state index is 0.373. The molecule has 2 fully saturated rings. The highest BCUT2D eigenvalue weighted by atomic mass is 16.5. The number of hydrogen-bond acceptors (Lipinski definition) is 2. The lowest BCUT2D eigenvalue weighted by Gasteiger charge is -2.40. The molecule has 110 valence electrons. The fourth-order valence-electron chi connectivity index (χ4n) is 2.85. The fourth-order valence-corrected chi connectivity index (χ4v) is 2.85. The predicted octanol–water partition coefficient (Wildman–Crippen LogP) is 2.29. The van der Waals surface area contributed by atoms with Crippen LogP contribution in [0.15, 0.2) is 4.99 Å². The van der Waals surface area contributed by atoms with E-state index in [2.05, 4.69) is 10.3 Å². The smallest absolute Gasteiger partial charge is 0.188 e. The number of guanidine groups is 1. The second-order valence-corrected chi connectivity index (χ2v) is 6.18. The largest absolute Gasteiger partial charge is 0.382 e. The van der Waals surface area contributed by atoms with Gasteiger partial charge in [0.15, 0.2) is 5.96 Å². The molecule has 19 heavy (non-hydrogen) atoms. The van der Waals surface area contributed by atoms with Crippen molar-refractivity contribution in [2.75, 3.05) is 26.3 Å². The van der Waals surface area contributed by atoms with Crippen LogP contribution in [0, 0.1) is 11.3 Å². The normalized spacial score (nSPS) is 22.7. The van der Waals surface area contributed by atoms with Gasteiger partial charge in [-0.25, -0.2) is 0 Å². The van der Waals surface area contributed by atoms with Gasteiger partial charge < -0.3 is 15.8 Å². The molecule has 3 N–H and O–H groups in total. The average Bonchev–Trinajstić information content (AvgIpc) is 2.29. The van der Waals surface area contributed by atoms with Crippen LogP contribution in [0.2, 0.25) is 0 Å². The Morgan fingerprint density at radius 3 is 2.68 bits per heavy atom. The first-order chi connectivity index (χ1) is 9.24. The summed E-state index contributed by atoms with van der Waals surface area (Å²) < 4.78 is 5.48. The Balaban J connectivity index is 1.67. The minimum Gasteiger partial charge on any atom is -0.382 e. The summed E-state index contributed by atoms with van der Waals surface area (Å²) in [5.74, 6) is 1.46. The van der Waals surface area contributed by atoms with Crippen LogP contribution in [0.4, 0.5) is 0 Å². The van der Waals surface area contributed by atoms with Crippen molar-refractivity contribution in [2.24, 2.45) is 22.1 Å². The predicted molar refractivity (Wildman–Crippen MR) is 79.2 cm³/mol. The topological polar surface area (TPSA) is 59.6 Å². The van der Waals surface area contributed by atoms with Crippen molar-refractivity contribution in [2.45, 2.75) is 51.9 Å². The van der Waals surface area contributed by atoms with E-state index < -0.39 is 0 Å². The molecule has 0 amide bonds. The van der Waals surface area contributed by atoms with Gasteiger partial charge in [0.25, 0.3) is 0 Å². The number of hydrogen-bond donors (Lipinski definition) is 2. The van der Waals surface area contributed by atoms with Crippen molar-refractivity contribution in [3.8, 4) is 0 Å². The van der Waals surface area contributed by atoms with E-state index >= 15 is 0 Å². The van der Waals surface area contributed by atoms with Gasteiger partial charge in [-0.15, -0.1) is 0 Å². The van der Waals surface area contributed by atoms with E-state index in [9.17, 15) is 0 Å². The first-order valence-corrected chi connectivity index (χ1v) is 7.86. The molecule has 0 spiro atoms. The molecule has 0 radical (unpaired) electrons. The zero-order chi connectivity index (χ0) is 13.6. The molecule has 0 aromatic rings. The molecule has 0 atom stereocenters. The number of aliphatic imine (C=N–C) groups is 1. The summed E-state index contributed by atoms with van der Waals surface area (Å²) in [6.45, 7) is 5.59. The van der Waals surface area contributed by atoms with Crippen LogP contribution in [-0.4, -0.2) is 32.3 Å². The van der Waals surface area contributed by atoms with Crippen molar-refractivity contribution >= 4 is 5.96 Å². The minimum atomic E-state index is 0.373. The number of rotatable bonds is 8. The molecule has 2 saturated carbocycles. The third-order valence-electron chi connectivity index (χ3n) is 4.78. The van der Waals surface area contributed by atoms with Crippen molar-refractivity contribution in [1.82, 2.24) is 5.32 Å². The highest BCUT2D eigenvalue weighted by molar-refractivity contribution is 5.77. The summed E-state index contributed by atoms with van der Waals surface area (Å²) in [7, 11) is 0. The van der Waals surface area contributed by atoms with Gasteiger partial charge in [0.2, 0.25) is 0 Å². The van der Waals surface area contributed by atoms with Crippen LogP contribution < -0.4 is 11.1 Å². The Kier molecular flexibility index (Phi) is 5.49. The highest BCUT2D eigenvalue weighted by Crippen LogP contribution is 2.44.